The molecule has 1 N–H and O–H groups in total. The Morgan fingerprint density at radius 3 is 2.61 bits per heavy atom. The van der Waals surface area contributed by atoms with Crippen molar-refractivity contribution < 1.29 is 19.0 Å². The van der Waals surface area contributed by atoms with Gasteiger partial charge in [-0.1, -0.05) is 35.9 Å². The zero-order chi connectivity index (χ0) is 22.0. The average Bonchev–Trinajstić information content (AvgIpc) is 3.23. The van der Waals surface area contributed by atoms with Crippen LogP contribution in [0.15, 0.2) is 54.6 Å². The van der Waals surface area contributed by atoms with Crippen molar-refractivity contribution in [2.24, 2.45) is 0 Å². The Balaban J connectivity index is 1.74. The first-order valence-corrected chi connectivity index (χ1v) is 10.3. The highest BCUT2D eigenvalue weighted by Gasteiger charge is 2.23. The first kappa shape index (κ1) is 20.8. The molecule has 0 saturated heterocycles. The molecule has 1 heterocycles. The van der Waals surface area contributed by atoms with Gasteiger partial charge >= 0.3 is 5.97 Å². The predicted octanol–water partition coefficient (Wildman–Crippen LogP) is 6.21. The third-order valence-corrected chi connectivity index (χ3v) is 5.63. The normalized spacial score (nSPS) is 13.5. The van der Waals surface area contributed by atoms with Crippen LogP contribution in [-0.4, -0.2) is 16.1 Å². The number of pyridine rings is 1. The van der Waals surface area contributed by atoms with Gasteiger partial charge < -0.3 is 9.84 Å². The van der Waals surface area contributed by atoms with E-state index in [4.69, 9.17) is 4.74 Å². The lowest BCUT2D eigenvalue weighted by molar-refractivity contribution is 0.0689. The Bertz CT molecular complexity index is 1180. The molecule has 0 fully saturated rings. The molecule has 0 aliphatic heterocycles. The van der Waals surface area contributed by atoms with E-state index in [0.717, 1.165) is 41.5 Å². The fourth-order valence-corrected chi connectivity index (χ4v) is 4.01. The van der Waals surface area contributed by atoms with E-state index in [1.807, 2.05) is 25.1 Å². The first-order chi connectivity index (χ1) is 14.9. The lowest BCUT2D eigenvalue weighted by Gasteiger charge is -2.16. The predicted molar refractivity (Wildman–Crippen MR) is 119 cm³/mol. The topological polar surface area (TPSA) is 59.4 Å². The highest BCUT2D eigenvalue weighted by atomic mass is 19.1. The Hall–Kier alpha value is -3.47. The van der Waals surface area contributed by atoms with Gasteiger partial charge in [0.1, 0.15) is 18.2 Å². The molecule has 1 aliphatic rings. The number of hydrogen-bond donors (Lipinski definition) is 1. The van der Waals surface area contributed by atoms with Gasteiger partial charge in [0.15, 0.2) is 5.69 Å². The van der Waals surface area contributed by atoms with E-state index in [1.54, 1.807) is 31.2 Å². The second-order valence-corrected chi connectivity index (χ2v) is 7.86. The summed E-state index contributed by atoms with van der Waals surface area (Å²) in [7, 11) is 0. The van der Waals surface area contributed by atoms with E-state index >= 15 is 0 Å². The van der Waals surface area contributed by atoms with Crippen molar-refractivity contribution >= 4 is 17.1 Å². The van der Waals surface area contributed by atoms with Gasteiger partial charge in [0.25, 0.3) is 0 Å². The van der Waals surface area contributed by atoms with Crippen molar-refractivity contribution in [3.05, 3.63) is 94.1 Å². The van der Waals surface area contributed by atoms with Gasteiger partial charge in [-0.25, -0.2) is 14.2 Å². The summed E-state index contributed by atoms with van der Waals surface area (Å²) in [6.07, 6.45) is 2.64. The molecule has 1 aromatic heterocycles. The van der Waals surface area contributed by atoms with Crippen molar-refractivity contribution in [3.63, 3.8) is 0 Å². The standard InChI is InChI=1S/C26H24FNO3/c1-16-10-13-24(31-15-18-6-3-4-9-22(18)27)21(14-16)19-7-5-8-20(19)23-12-11-17(2)25(28-23)26(29)30/h3-4,6,9-14H,5,7-8,15H2,1-2H3,(H,29,30). The van der Waals surface area contributed by atoms with E-state index in [1.165, 1.54) is 6.07 Å². The highest BCUT2D eigenvalue weighted by molar-refractivity contribution is 5.95. The number of rotatable bonds is 6. The molecule has 2 aromatic carbocycles. The van der Waals surface area contributed by atoms with Crippen molar-refractivity contribution in [2.45, 2.75) is 39.7 Å². The summed E-state index contributed by atoms with van der Waals surface area (Å²) in [5.41, 5.74) is 6.12. The van der Waals surface area contributed by atoms with E-state index in [0.29, 0.717) is 22.6 Å². The van der Waals surface area contributed by atoms with Gasteiger partial charge in [-0.15, -0.1) is 0 Å². The van der Waals surface area contributed by atoms with Crippen molar-refractivity contribution in [2.75, 3.05) is 0 Å². The van der Waals surface area contributed by atoms with Crippen molar-refractivity contribution in [1.29, 1.82) is 0 Å². The summed E-state index contributed by atoms with van der Waals surface area (Å²) in [6.45, 7) is 3.91. The van der Waals surface area contributed by atoms with E-state index in [-0.39, 0.29) is 18.1 Å². The molecule has 0 saturated carbocycles. The van der Waals surface area contributed by atoms with Crippen LogP contribution in [0.2, 0.25) is 0 Å². The minimum atomic E-state index is -1.02. The van der Waals surface area contributed by atoms with Crippen LogP contribution < -0.4 is 4.74 Å². The van der Waals surface area contributed by atoms with Gasteiger partial charge in [0.2, 0.25) is 0 Å². The Morgan fingerprint density at radius 2 is 1.84 bits per heavy atom. The number of carboxylic acid groups (broad SMARTS) is 1. The molecule has 158 valence electrons. The van der Waals surface area contributed by atoms with E-state index in [9.17, 15) is 14.3 Å². The largest absolute Gasteiger partial charge is 0.488 e. The van der Waals surface area contributed by atoms with Gasteiger partial charge in [0, 0.05) is 11.1 Å². The number of carboxylic acids is 1. The number of nitrogens with zero attached hydrogens (tertiary/aromatic N) is 1. The van der Waals surface area contributed by atoms with Crippen LogP contribution in [0.25, 0.3) is 11.1 Å². The lowest BCUT2D eigenvalue weighted by Crippen LogP contribution is -2.06. The molecular formula is C26H24FNO3. The summed E-state index contributed by atoms with van der Waals surface area (Å²) < 4.78 is 20.1. The zero-order valence-corrected chi connectivity index (χ0v) is 17.6. The number of hydrogen-bond acceptors (Lipinski definition) is 3. The minimum absolute atomic E-state index is 0.0801. The second kappa shape index (κ2) is 8.72. The maximum atomic E-state index is 14.0. The Kier molecular flexibility index (Phi) is 5.85. The van der Waals surface area contributed by atoms with Crippen LogP contribution in [0.1, 0.15) is 57.7 Å². The SMILES string of the molecule is Cc1ccc(OCc2ccccc2F)c(C2=C(c3ccc(C)c(C(=O)O)n3)CCC2)c1. The average molecular weight is 417 g/mol. The van der Waals surface area contributed by atoms with Gasteiger partial charge in [-0.05, 0) is 74.1 Å². The van der Waals surface area contributed by atoms with Crippen LogP contribution in [0.3, 0.4) is 0 Å². The molecule has 0 amide bonds. The van der Waals surface area contributed by atoms with Gasteiger partial charge in [-0.2, -0.15) is 0 Å². The number of allylic oxidation sites excluding steroid dienone is 2. The molecule has 1 aliphatic carbocycles. The number of carbonyl (C=O) groups is 1. The molecular weight excluding hydrogens is 393 g/mol. The maximum Gasteiger partial charge on any atom is 0.354 e. The molecule has 0 spiro atoms. The summed E-state index contributed by atoms with van der Waals surface area (Å²) in [5, 5.41) is 9.47. The Morgan fingerprint density at radius 1 is 1.06 bits per heavy atom. The molecule has 5 heteroatoms. The third-order valence-electron chi connectivity index (χ3n) is 5.63. The summed E-state index contributed by atoms with van der Waals surface area (Å²) in [6, 6.07) is 16.2. The lowest BCUT2D eigenvalue weighted by atomic mass is 9.97. The number of ether oxygens (including phenoxy) is 1. The van der Waals surface area contributed by atoms with Gasteiger partial charge in [0.05, 0.1) is 5.69 Å². The minimum Gasteiger partial charge on any atom is -0.488 e. The number of benzene rings is 2. The second-order valence-electron chi connectivity index (χ2n) is 7.86. The molecule has 4 rings (SSSR count). The van der Waals surface area contributed by atoms with E-state index < -0.39 is 5.97 Å². The van der Waals surface area contributed by atoms with Crippen molar-refractivity contribution in [3.8, 4) is 5.75 Å². The quantitative estimate of drug-likeness (QED) is 0.518. The number of aryl methyl sites for hydroxylation is 2. The number of aromatic nitrogens is 1. The van der Waals surface area contributed by atoms with Crippen LogP contribution in [-0.2, 0) is 6.61 Å². The monoisotopic (exact) mass is 417 g/mol. The maximum absolute atomic E-state index is 14.0. The van der Waals surface area contributed by atoms with Crippen molar-refractivity contribution in [1.82, 2.24) is 4.98 Å². The third kappa shape index (κ3) is 4.36. The van der Waals surface area contributed by atoms with Gasteiger partial charge in [-0.3, -0.25) is 0 Å². The Labute approximate surface area is 181 Å². The number of aromatic carboxylic acids is 1. The molecule has 0 radical (unpaired) electrons. The molecule has 4 nitrogen and oxygen atoms in total. The molecule has 0 unspecified atom stereocenters. The molecule has 0 bridgehead atoms. The zero-order valence-electron chi connectivity index (χ0n) is 17.6. The molecule has 3 aromatic rings. The van der Waals surface area contributed by atoms with E-state index in [2.05, 4.69) is 11.1 Å². The van der Waals surface area contributed by atoms with Crippen LogP contribution in [0.5, 0.6) is 5.75 Å². The van der Waals surface area contributed by atoms with Crippen LogP contribution >= 0.6 is 0 Å². The van der Waals surface area contributed by atoms with Crippen LogP contribution in [0.4, 0.5) is 4.39 Å². The molecule has 0 atom stereocenters. The number of halogens is 1. The van der Waals surface area contributed by atoms with Crippen LogP contribution in [0, 0.1) is 19.7 Å². The summed E-state index contributed by atoms with van der Waals surface area (Å²) in [5.74, 6) is -0.625. The first-order valence-electron chi connectivity index (χ1n) is 10.3. The molecule has 31 heavy (non-hydrogen) atoms. The fraction of sp³-hybridized carbons (Fsp3) is 0.231. The summed E-state index contributed by atoms with van der Waals surface area (Å²) >= 11 is 0. The summed E-state index contributed by atoms with van der Waals surface area (Å²) in [4.78, 5) is 16.0. The highest BCUT2D eigenvalue weighted by Crippen LogP contribution is 2.43. The fourth-order valence-electron chi connectivity index (χ4n) is 4.01. The smallest absolute Gasteiger partial charge is 0.354 e.